The molecule has 1 aliphatic heterocycles. The maximum absolute atomic E-state index is 12.6. The van der Waals surface area contributed by atoms with E-state index < -0.39 is 0 Å². The quantitative estimate of drug-likeness (QED) is 0.912. The molecule has 0 aliphatic carbocycles. The standard InChI is InChI=1S/C14H18Cl2N2O/c1-9-3-2-6-18(13(9)8-17)14(19)11-7-10(15)4-5-12(11)16/h4-5,7,9,13H,2-3,6,8,17H2,1H3. The van der Waals surface area contributed by atoms with Crippen molar-refractivity contribution in [1.29, 1.82) is 0 Å². The van der Waals surface area contributed by atoms with Gasteiger partial charge >= 0.3 is 0 Å². The van der Waals surface area contributed by atoms with Crippen molar-refractivity contribution in [2.24, 2.45) is 11.7 Å². The topological polar surface area (TPSA) is 46.3 Å². The van der Waals surface area contributed by atoms with E-state index in [1.807, 2.05) is 4.90 Å². The molecule has 5 heteroatoms. The second-order valence-electron chi connectivity index (χ2n) is 5.05. The Morgan fingerprint density at radius 3 is 2.89 bits per heavy atom. The van der Waals surface area contributed by atoms with E-state index in [1.165, 1.54) is 0 Å². The Morgan fingerprint density at radius 1 is 1.47 bits per heavy atom. The lowest BCUT2D eigenvalue weighted by atomic mass is 9.90. The minimum atomic E-state index is -0.0745. The van der Waals surface area contributed by atoms with Gasteiger partial charge in [-0.05, 0) is 37.0 Å². The molecule has 19 heavy (non-hydrogen) atoms. The third-order valence-corrected chi connectivity index (χ3v) is 4.34. The average molecular weight is 301 g/mol. The molecular weight excluding hydrogens is 283 g/mol. The van der Waals surface area contributed by atoms with E-state index in [2.05, 4.69) is 6.92 Å². The van der Waals surface area contributed by atoms with Crippen molar-refractivity contribution in [3.8, 4) is 0 Å². The van der Waals surface area contributed by atoms with Crippen LogP contribution in [0, 0.1) is 5.92 Å². The van der Waals surface area contributed by atoms with Crippen LogP contribution in [0.3, 0.4) is 0 Å². The molecule has 2 unspecified atom stereocenters. The normalized spacial score (nSPS) is 23.5. The lowest BCUT2D eigenvalue weighted by molar-refractivity contribution is 0.0533. The van der Waals surface area contributed by atoms with Gasteiger partial charge < -0.3 is 10.6 Å². The van der Waals surface area contributed by atoms with Gasteiger partial charge in [0.1, 0.15) is 0 Å². The van der Waals surface area contributed by atoms with Gasteiger partial charge in [-0.1, -0.05) is 30.1 Å². The summed E-state index contributed by atoms with van der Waals surface area (Å²) < 4.78 is 0. The minimum Gasteiger partial charge on any atom is -0.334 e. The molecular formula is C14H18Cl2N2O. The number of halogens is 2. The molecule has 2 N–H and O–H groups in total. The predicted octanol–water partition coefficient (Wildman–Crippen LogP) is 3.19. The zero-order valence-electron chi connectivity index (χ0n) is 10.9. The highest BCUT2D eigenvalue weighted by molar-refractivity contribution is 6.35. The van der Waals surface area contributed by atoms with E-state index >= 15 is 0 Å². The third kappa shape index (κ3) is 3.04. The molecule has 3 nitrogen and oxygen atoms in total. The van der Waals surface area contributed by atoms with Gasteiger partial charge in [0.25, 0.3) is 5.91 Å². The molecule has 2 atom stereocenters. The number of rotatable bonds is 2. The summed E-state index contributed by atoms with van der Waals surface area (Å²) in [5.74, 6) is 0.343. The number of hydrogen-bond acceptors (Lipinski definition) is 2. The van der Waals surface area contributed by atoms with E-state index in [1.54, 1.807) is 18.2 Å². The van der Waals surface area contributed by atoms with Crippen molar-refractivity contribution in [1.82, 2.24) is 4.90 Å². The van der Waals surface area contributed by atoms with Crippen molar-refractivity contribution in [2.45, 2.75) is 25.8 Å². The molecule has 1 fully saturated rings. The number of benzene rings is 1. The second kappa shape index (κ2) is 6.12. The molecule has 1 aromatic rings. The molecule has 1 heterocycles. The Hall–Kier alpha value is -0.770. The summed E-state index contributed by atoms with van der Waals surface area (Å²) in [5, 5.41) is 0.950. The predicted molar refractivity (Wildman–Crippen MR) is 78.7 cm³/mol. The van der Waals surface area contributed by atoms with Gasteiger partial charge in [-0.3, -0.25) is 4.79 Å². The molecule has 0 aromatic heterocycles. The number of carbonyl (C=O) groups excluding carboxylic acids is 1. The molecule has 1 amide bonds. The summed E-state index contributed by atoms with van der Waals surface area (Å²) in [4.78, 5) is 14.5. The van der Waals surface area contributed by atoms with Gasteiger partial charge in [-0.2, -0.15) is 0 Å². The summed E-state index contributed by atoms with van der Waals surface area (Å²) in [6.45, 7) is 3.34. The third-order valence-electron chi connectivity index (χ3n) is 3.78. The smallest absolute Gasteiger partial charge is 0.255 e. The van der Waals surface area contributed by atoms with Crippen LogP contribution < -0.4 is 5.73 Å². The van der Waals surface area contributed by atoms with Gasteiger partial charge in [0.05, 0.1) is 10.6 Å². The lowest BCUT2D eigenvalue weighted by Crippen LogP contribution is -2.51. The molecule has 0 spiro atoms. The van der Waals surface area contributed by atoms with E-state index in [-0.39, 0.29) is 11.9 Å². The number of nitrogens with zero attached hydrogens (tertiary/aromatic N) is 1. The van der Waals surface area contributed by atoms with E-state index in [0.717, 1.165) is 19.4 Å². The van der Waals surface area contributed by atoms with Gasteiger partial charge in [0.15, 0.2) is 0 Å². The van der Waals surface area contributed by atoms with Crippen molar-refractivity contribution in [3.05, 3.63) is 33.8 Å². The Kier molecular flexibility index (Phi) is 4.71. The Bertz CT molecular complexity index is 479. The summed E-state index contributed by atoms with van der Waals surface area (Å²) in [7, 11) is 0. The van der Waals surface area contributed by atoms with E-state index in [0.29, 0.717) is 28.1 Å². The highest BCUT2D eigenvalue weighted by atomic mass is 35.5. The molecule has 2 rings (SSSR count). The lowest BCUT2D eigenvalue weighted by Gasteiger charge is -2.39. The summed E-state index contributed by atoms with van der Waals surface area (Å²) in [5.41, 5.74) is 6.27. The van der Waals surface area contributed by atoms with Crippen LogP contribution in [-0.2, 0) is 0 Å². The summed E-state index contributed by atoms with van der Waals surface area (Å²) in [6.07, 6.45) is 2.11. The number of hydrogen-bond donors (Lipinski definition) is 1. The second-order valence-corrected chi connectivity index (χ2v) is 5.89. The molecule has 0 bridgehead atoms. The summed E-state index contributed by atoms with van der Waals surface area (Å²) >= 11 is 12.0. The summed E-state index contributed by atoms with van der Waals surface area (Å²) in [6, 6.07) is 5.04. The first-order chi connectivity index (χ1) is 9.04. The largest absolute Gasteiger partial charge is 0.334 e. The van der Waals surface area contributed by atoms with E-state index in [9.17, 15) is 4.79 Å². The highest BCUT2D eigenvalue weighted by Gasteiger charge is 2.32. The van der Waals surface area contributed by atoms with Crippen LogP contribution in [0.25, 0.3) is 0 Å². The number of carbonyl (C=O) groups is 1. The molecule has 1 aliphatic rings. The fourth-order valence-corrected chi connectivity index (χ4v) is 3.05. The Labute approximate surface area is 123 Å². The molecule has 104 valence electrons. The van der Waals surface area contributed by atoms with Crippen LogP contribution in [0.1, 0.15) is 30.1 Å². The monoisotopic (exact) mass is 300 g/mol. The molecule has 0 saturated carbocycles. The van der Waals surface area contributed by atoms with Crippen molar-refractivity contribution in [3.63, 3.8) is 0 Å². The van der Waals surface area contributed by atoms with Gasteiger partial charge in [0, 0.05) is 24.2 Å². The van der Waals surface area contributed by atoms with E-state index in [4.69, 9.17) is 28.9 Å². The SMILES string of the molecule is CC1CCCN(C(=O)c2cc(Cl)ccc2Cl)C1CN. The first-order valence-electron chi connectivity index (χ1n) is 6.50. The van der Waals surface area contributed by atoms with Crippen LogP contribution in [0.2, 0.25) is 10.0 Å². The maximum atomic E-state index is 12.6. The highest BCUT2D eigenvalue weighted by Crippen LogP contribution is 2.27. The molecule has 0 radical (unpaired) electrons. The van der Waals surface area contributed by atoms with Crippen molar-refractivity contribution >= 4 is 29.1 Å². The van der Waals surface area contributed by atoms with Gasteiger partial charge in [-0.15, -0.1) is 0 Å². The van der Waals surface area contributed by atoms with Crippen LogP contribution >= 0.6 is 23.2 Å². The van der Waals surface area contributed by atoms with Crippen LogP contribution in [0.5, 0.6) is 0 Å². The first kappa shape index (κ1) is 14.6. The first-order valence-corrected chi connectivity index (χ1v) is 7.26. The number of likely N-dealkylation sites (tertiary alicyclic amines) is 1. The average Bonchev–Trinajstić information content (AvgIpc) is 2.40. The molecule has 1 saturated heterocycles. The van der Waals surface area contributed by atoms with Crippen molar-refractivity contribution < 1.29 is 4.79 Å². The Morgan fingerprint density at radius 2 is 2.21 bits per heavy atom. The van der Waals surface area contributed by atoms with Gasteiger partial charge in [-0.25, -0.2) is 0 Å². The Balaban J connectivity index is 2.29. The van der Waals surface area contributed by atoms with Crippen LogP contribution in [0.15, 0.2) is 18.2 Å². The fourth-order valence-electron chi connectivity index (χ4n) is 2.68. The fraction of sp³-hybridized carbons (Fsp3) is 0.500. The zero-order valence-corrected chi connectivity index (χ0v) is 12.4. The zero-order chi connectivity index (χ0) is 14.0. The minimum absolute atomic E-state index is 0.0745. The number of piperidine rings is 1. The molecule has 1 aromatic carbocycles. The maximum Gasteiger partial charge on any atom is 0.255 e. The van der Waals surface area contributed by atoms with Gasteiger partial charge in [0.2, 0.25) is 0 Å². The van der Waals surface area contributed by atoms with Crippen molar-refractivity contribution in [2.75, 3.05) is 13.1 Å². The number of amides is 1. The van der Waals surface area contributed by atoms with Crippen LogP contribution in [-0.4, -0.2) is 29.9 Å². The van der Waals surface area contributed by atoms with Crippen LogP contribution in [0.4, 0.5) is 0 Å². The number of nitrogens with two attached hydrogens (primary N) is 1.